The van der Waals surface area contributed by atoms with Crippen LogP contribution in [0.2, 0.25) is 0 Å². The molecule has 32 heavy (non-hydrogen) atoms. The Kier molecular flexibility index (Phi) is 4.36. The molecule has 0 aliphatic rings. The zero-order chi connectivity index (χ0) is 21.5. The molecule has 2 heterocycles. The molecule has 0 bridgehead atoms. The van der Waals surface area contributed by atoms with Gasteiger partial charge in [-0.1, -0.05) is 54.6 Å². The van der Waals surface area contributed by atoms with Gasteiger partial charge in [-0.3, -0.25) is 0 Å². The third-order valence-corrected chi connectivity index (χ3v) is 6.00. The maximum atomic E-state index is 5.90. The number of nitrogens with zero attached hydrogens (tertiary/aromatic N) is 3. The van der Waals surface area contributed by atoms with E-state index in [4.69, 9.17) is 4.42 Å². The van der Waals surface area contributed by atoms with Crippen molar-refractivity contribution in [3.05, 3.63) is 97.1 Å². The largest absolute Gasteiger partial charge is 0.416 e. The van der Waals surface area contributed by atoms with Crippen molar-refractivity contribution >= 4 is 21.8 Å². The first-order valence-electron chi connectivity index (χ1n) is 10.8. The van der Waals surface area contributed by atoms with Crippen molar-refractivity contribution in [2.24, 2.45) is 0 Å². The molecule has 6 aromatic rings. The summed E-state index contributed by atoms with van der Waals surface area (Å²) in [5.41, 5.74) is 6.73. The minimum atomic E-state index is 0.525. The molecular weight excluding hydrogens is 394 g/mol. The van der Waals surface area contributed by atoms with Crippen LogP contribution in [0, 0.1) is 0 Å². The maximum Gasteiger partial charge on any atom is 0.248 e. The lowest BCUT2D eigenvalue weighted by atomic mass is 10.0. The molecule has 0 radical (unpaired) electrons. The lowest BCUT2D eigenvalue weighted by Crippen LogP contribution is -1.92. The van der Waals surface area contributed by atoms with Gasteiger partial charge in [-0.15, -0.1) is 10.2 Å². The third kappa shape index (κ3) is 3.00. The Morgan fingerprint density at radius 1 is 0.594 bits per heavy atom. The normalized spacial score (nSPS) is 11.4. The molecule has 0 aliphatic heterocycles. The molecule has 4 nitrogen and oxygen atoms in total. The fourth-order valence-electron chi connectivity index (χ4n) is 4.42. The average Bonchev–Trinajstić information content (AvgIpc) is 3.48. The maximum absolute atomic E-state index is 5.90. The van der Waals surface area contributed by atoms with Gasteiger partial charge < -0.3 is 8.98 Å². The van der Waals surface area contributed by atoms with Gasteiger partial charge >= 0.3 is 0 Å². The Morgan fingerprint density at radius 2 is 1.19 bits per heavy atom. The Bertz CT molecular complexity index is 1540. The van der Waals surface area contributed by atoms with Gasteiger partial charge in [0, 0.05) is 39.5 Å². The van der Waals surface area contributed by atoms with Crippen LogP contribution in [0.4, 0.5) is 0 Å². The van der Waals surface area contributed by atoms with E-state index in [2.05, 4.69) is 76.3 Å². The first kappa shape index (κ1) is 18.6. The van der Waals surface area contributed by atoms with Crippen LogP contribution in [0.1, 0.15) is 6.92 Å². The lowest BCUT2D eigenvalue weighted by molar-refractivity contribution is 0.584. The Labute approximate surface area is 185 Å². The van der Waals surface area contributed by atoms with Crippen molar-refractivity contribution in [2.75, 3.05) is 0 Å². The Morgan fingerprint density at radius 3 is 1.94 bits per heavy atom. The standard InChI is InChI=1S/C28H21N3O/c1-2-31-25-11-7-6-10-23(25)24-18-22(16-17-26(24)31)19-12-14-21(15-13-19)28-30-29-27(32-28)20-8-4-3-5-9-20/h3-18H,2H2,1H3. The molecule has 0 atom stereocenters. The number of para-hydroxylation sites is 1. The Balaban J connectivity index is 1.36. The molecule has 154 valence electrons. The molecule has 0 spiro atoms. The van der Waals surface area contributed by atoms with Gasteiger partial charge in [0.2, 0.25) is 11.8 Å². The third-order valence-electron chi connectivity index (χ3n) is 6.00. The van der Waals surface area contributed by atoms with Gasteiger partial charge in [0.05, 0.1) is 0 Å². The molecule has 4 heteroatoms. The number of fused-ring (bicyclic) bond motifs is 3. The van der Waals surface area contributed by atoms with Crippen molar-refractivity contribution in [3.63, 3.8) is 0 Å². The van der Waals surface area contributed by atoms with Gasteiger partial charge in [0.1, 0.15) is 0 Å². The summed E-state index contributed by atoms with van der Waals surface area (Å²) >= 11 is 0. The molecule has 0 amide bonds. The van der Waals surface area contributed by atoms with E-state index in [1.807, 2.05) is 42.5 Å². The fourth-order valence-corrected chi connectivity index (χ4v) is 4.42. The molecule has 2 aromatic heterocycles. The number of benzene rings is 4. The van der Waals surface area contributed by atoms with E-state index in [0.29, 0.717) is 11.8 Å². The summed E-state index contributed by atoms with van der Waals surface area (Å²) in [5.74, 6) is 1.05. The summed E-state index contributed by atoms with van der Waals surface area (Å²) in [5, 5.41) is 11.0. The predicted molar refractivity (Wildman–Crippen MR) is 129 cm³/mol. The van der Waals surface area contributed by atoms with Crippen LogP contribution in [0.5, 0.6) is 0 Å². The average molecular weight is 415 g/mol. The lowest BCUT2D eigenvalue weighted by Gasteiger charge is -2.05. The number of aromatic nitrogens is 3. The molecule has 0 fully saturated rings. The quantitative estimate of drug-likeness (QED) is 0.306. The van der Waals surface area contributed by atoms with Crippen LogP contribution in [0.25, 0.3) is 55.8 Å². The molecule has 0 aliphatic carbocycles. The minimum Gasteiger partial charge on any atom is -0.416 e. The highest BCUT2D eigenvalue weighted by Gasteiger charge is 2.12. The van der Waals surface area contributed by atoms with Crippen molar-refractivity contribution in [1.82, 2.24) is 14.8 Å². The number of hydrogen-bond acceptors (Lipinski definition) is 3. The Hall–Kier alpha value is -4.18. The second kappa shape index (κ2) is 7.50. The van der Waals surface area contributed by atoms with E-state index in [-0.39, 0.29) is 0 Å². The second-order valence-electron chi connectivity index (χ2n) is 7.85. The summed E-state index contributed by atoms with van der Waals surface area (Å²) < 4.78 is 8.27. The summed E-state index contributed by atoms with van der Waals surface area (Å²) in [6, 6.07) is 33.5. The molecule has 4 aromatic carbocycles. The van der Waals surface area contributed by atoms with Crippen LogP contribution in [-0.4, -0.2) is 14.8 Å². The fraction of sp³-hybridized carbons (Fsp3) is 0.0714. The first-order chi connectivity index (χ1) is 15.8. The monoisotopic (exact) mass is 415 g/mol. The van der Waals surface area contributed by atoms with Gasteiger partial charge in [0.15, 0.2) is 0 Å². The van der Waals surface area contributed by atoms with Crippen LogP contribution in [0.3, 0.4) is 0 Å². The zero-order valence-electron chi connectivity index (χ0n) is 17.7. The van der Waals surface area contributed by atoms with Gasteiger partial charge in [-0.25, -0.2) is 0 Å². The number of aryl methyl sites for hydroxylation is 1. The molecular formula is C28H21N3O. The zero-order valence-corrected chi connectivity index (χ0v) is 17.7. The van der Waals surface area contributed by atoms with Gasteiger partial charge in [-0.2, -0.15) is 0 Å². The summed E-state index contributed by atoms with van der Waals surface area (Å²) in [4.78, 5) is 0. The highest BCUT2D eigenvalue weighted by Crippen LogP contribution is 2.33. The van der Waals surface area contributed by atoms with Crippen LogP contribution in [0.15, 0.2) is 101 Å². The minimum absolute atomic E-state index is 0.525. The van der Waals surface area contributed by atoms with Crippen LogP contribution in [-0.2, 0) is 6.54 Å². The molecule has 0 unspecified atom stereocenters. The summed E-state index contributed by atoms with van der Waals surface area (Å²) in [6.07, 6.45) is 0. The predicted octanol–water partition coefficient (Wildman–Crippen LogP) is 7.20. The van der Waals surface area contributed by atoms with E-state index < -0.39 is 0 Å². The van der Waals surface area contributed by atoms with E-state index in [1.165, 1.54) is 27.4 Å². The van der Waals surface area contributed by atoms with E-state index >= 15 is 0 Å². The topological polar surface area (TPSA) is 43.9 Å². The highest BCUT2D eigenvalue weighted by molar-refractivity contribution is 6.09. The number of rotatable bonds is 4. The van der Waals surface area contributed by atoms with Crippen molar-refractivity contribution in [3.8, 4) is 34.0 Å². The van der Waals surface area contributed by atoms with Gasteiger partial charge in [-0.05, 0) is 60.5 Å². The summed E-state index contributed by atoms with van der Waals surface area (Å²) in [7, 11) is 0. The van der Waals surface area contributed by atoms with E-state index in [9.17, 15) is 0 Å². The van der Waals surface area contributed by atoms with Crippen molar-refractivity contribution < 1.29 is 4.42 Å². The SMILES string of the molecule is CCn1c2ccccc2c2cc(-c3ccc(-c4nnc(-c5ccccc5)o4)cc3)ccc21. The molecule has 0 N–H and O–H groups in total. The number of hydrogen-bond donors (Lipinski definition) is 0. The smallest absolute Gasteiger partial charge is 0.248 e. The van der Waals surface area contributed by atoms with Crippen LogP contribution < -0.4 is 0 Å². The van der Waals surface area contributed by atoms with E-state index in [1.54, 1.807) is 0 Å². The van der Waals surface area contributed by atoms with Crippen LogP contribution >= 0.6 is 0 Å². The first-order valence-corrected chi connectivity index (χ1v) is 10.8. The molecule has 6 rings (SSSR count). The van der Waals surface area contributed by atoms with E-state index in [0.717, 1.165) is 23.2 Å². The highest BCUT2D eigenvalue weighted by atomic mass is 16.4. The molecule has 0 saturated carbocycles. The van der Waals surface area contributed by atoms with Crippen molar-refractivity contribution in [2.45, 2.75) is 13.5 Å². The summed E-state index contributed by atoms with van der Waals surface area (Å²) in [6.45, 7) is 3.15. The molecule has 0 saturated heterocycles. The van der Waals surface area contributed by atoms with Crippen molar-refractivity contribution in [1.29, 1.82) is 0 Å². The second-order valence-corrected chi connectivity index (χ2v) is 7.85. The van der Waals surface area contributed by atoms with Gasteiger partial charge in [0.25, 0.3) is 0 Å².